The van der Waals surface area contributed by atoms with Crippen molar-refractivity contribution in [1.82, 2.24) is 9.55 Å². The first-order valence-corrected chi connectivity index (χ1v) is 6.91. The van der Waals surface area contributed by atoms with Crippen LogP contribution in [0.2, 0.25) is 0 Å². The highest BCUT2D eigenvalue weighted by Gasteiger charge is 2.10. The fraction of sp³-hybridized carbons (Fsp3) is 0.125. The van der Waals surface area contributed by atoms with Crippen LogP contribution in [0, 0.1) is 6.92 Å². The van der Waals surface area contributed by atoms with Gasteiger partial charge in [0.05, 0.1) is 23.7 Å². The summed E-state index contributed by atoms with van der Waals surface area (Å²) in [6.45, 7) is 1.82. The minimum Gasteiger partial charge on any atom is -0.497 e. The summed E-state index contributed by atoms with van der Waals surface area (Å²) in [6, 6.07) is 12.7. The Bertz CT molecular complexity index is 870. The second kappa shape index (κ2) is 5.26. The number of thiol groups is 1. The van der Waals surface area contributed by atoms with Gasteiger partial charge in [0.15, 0.2) is 0 Å². The van der Waals surface area contributed by atoms with Crippen LogP contribution in [0.25, 0.3) is 16.6 Å². The number of rotatable bonds is 2. The van der Waals surface area contributed by atoms with Crippen LogP contribution in [-0.2, 0) is 0 Å². The molecule has 0 aliphatic carbocycles. The van der Waals surface area contributed by atoms with Gasteiger partial charge in [0.1, 0.15) is 11.6 Å². The highest BCUT2D eigenvalue weighted by atomic mass is 32.1. The number of aromatic nitrogens is 2. The molecule has 0 bridgehead atoms. The first-order valence-electron chi connectivity index (χ1n) is 6.47. The van der Waals surface area contributed by atoms with E-state index in [1.54, 1.807) is 29.9 Å². The third-order valence-corrected chi connectivity index (χ3v) is 3.65. The van der Waals surface area contributed by atoms with Crippen LogP contribution in [-0.4, -0.2) is 16.7 Å². The number of nitrogens with zero attached hydrogens (tertiary/aromatic N) is 2. The maximum absolute atomic E-state index is 12.8. The number of benzene rings is 2. The number of ether oxygens (including phenoxy) is 1. The van der Waals surface area contributed by atoms with E-state index < -0.39 is 0 Å². The molecule has 1 aromatic heterocycles. The predicted molar refractivity (Wildman–Crippen MR) is 85.9 cm³/mol. The van der Waals surface area contributed by atoms with Gasteiger partial charge in [0, 0.05) is 4.90 Å². The molecule has 0 fully saturated rings. The van der Waals surface area contributed by atoms with Gasteiger partial charge in [-0.3, -0.25) is 9.36 Å². The van der Waals surface area contributed by atoms with Gasteiger partial charge in [-0.15, -0.1) is 12.6 Å². The van der Waals surface area contributed by atoms with Gasteiger partial charge >= 0.3 is 0 Å². The molecular formula is C16H14N2O2S. The summed E-state index contributed by atoms with van der Waals surface area (Å²) < 4.78 is 6.78. The molecule has 0 amide bonds. The van der Waals surface area contributed by atoms with E-state index >= 15 is 0 Å². The van der Waals surface area contributed by atoms with Crippen molar-refractivity contribution in [2.24, 2.45) is 0 Å². The molecule has 21 heavy (non-hydrogen) atoms. The zero-order valence-corrected chi connectivity index (χ0v) is 12.6. The molecule has 0 spiro atoms. The Morgan fingerprint density at radius 3 is 2.52 bits per heavy atom. The summed E-state index contributed by atoms with van der Waals surface area (Å²) in [7, 11) is 1.58. The Hall–Kier alpha value is -2.27. The number of methoxy groups -OCH3 is 1. The molecule has 1 heterocycles. The molecule has 0 N–H and O–H groups in total. The Morgan fingerprint density at radius 1 is 1.14 bits per heavy atom. The van der Waals surface area contributed by atoms with Crippen LogP contribution in [0.3, 0.4) is 0 Å². The molecule has 0 unspecified atom stereocenters. The van der Waals surface area contributed by atoms with Crippen molar-refractivity contribution in [2.75, 3.05) is 7.11 Å². The molecule has 0 saturated carbocycles. The quantitative estimate of drug-likeness (QED) is 0.740. The van der Waals surface area contributed by atoms with Crippen LogP contribution in [0.5, 0.6) is 5.75 Å². The van der Waals surface area contributed by atoms with Gasteiger partial charge in [-0.2, -0.15) is 0 Å². The smallest absolute Gasteiger partial charge is 0.266 e. The molecule has 3 rings (SSSR count). The van der Waals surface area contributed by atoms with Gasteiger partial charge < -0.3 is 4.74 Å². The standard InChI is InChI=1S/C16H14N2O2S/c1-10-17-15-8-5-12(20-2)9-14(15)16(19)18(10)11-3-6-13(21)7-4-11/h3-9,21H,1-2H3. The number of aryl methyl sites for hydroxylation is 1. The Morgan fingerprint density at radius 2 is 1.86 bits per heavy atom. The van der Waals surface area contributed by atoms with Crippen LogP contribution in [0.4, 0.5) is 0 Å². The third kappa shape index (κ3) is 2.40. The average molecular weight is 298 g/mol. The van der Waals surface area contributed by atoms with Crippen molar-refractivity contribution >= 4 is 23.5 Å². The fourth-order valence-electron chi connectivity index (χ4n) is 2.31. The molecule has 4 nitrogen and oxygen atoms in total. The van der Waals surface area contributed by atoms with Crippen molar-refractivity contribution in [1.29, 1.82) is 0 Å². The van der Waals surface area contributed by atoms with Crippen molar-refractivity contribution in [2.45, 2.75) is 11.8 Å². The number of fused-ring (bicyclic) bond motifs is 1. The number of hydrogen-bond acceptors (Lipinski definition) is 4. The summed E-state index contributed by atoms with van der Waals surface area (Å²) in [5, 5.41) is 0.537. The van der Waals surface area contributed by atoms with Crippen molar-refractivity contribution in [3.05, 3.63) is 58.6 Å². The number of hydrogen-bond donors (Lipinski definition) is 1. The maximum atomic E-state index is 12.8. The fourth-order valence-corrected chi connectivity index (χ4v) is 2.46. The van der Waals surface area contributed by atoms with Crippen LogP contribution in [0.15, 0.2) is 52.2 Å². The minimum absolute atomic E-state index is 0.108. The molecule has 2 aromatic carbocycles. The minimum atomic E-state index is -0.108. The SMILES string of the molecule is COc1ccc2nc(C)n(-c3ccc(S)cc3)c(=O)c2c1. The van der Waals surface area contributed by atoms with E-state index in [0.29, 0.717) is 22.5 Å². The van der Waals surface area contributed by atoms with E-state index in [2.05, 4.69) is 17.6 Å². The lowest BCUT2D eigenvalue weighted by Crippen LogP contribution is -2.22. The normalized spacial score (nSPS) is 10.8. The molecule has 0 atom stereocenters. The Labute approximate surface area is 127 Å². The van der Waals surface area contributed by atoms with E-state index in [9.17, 15) is 4.79 Å². The molecule has 3 aromatic rings. The lowest BCUT2D eigenvalue weighted by Gasteiger charge is -2.11. The van der Waals surface area contributed by atoms with Gasteiger partial charge in [-0.25, -0.2) is 4.98 Å². The van der Waals surface area contributed by atoms with Crippen molar-refractivity contribution in [3.8, 4) is 11.4 Å². The van der Waals surface area contributed by atoms with Crippen molar-refractivity contribution in [3.63, 3.8) is 0 Å². The van der Waals surface area contributed by atoms with Crippen LogP contribution in [0.1, 0.15) is 5.82 Å². The van der Waals surface area contributed by atoms with E-state index in [-0.39, 0.29) is 5.56 Å². The van der Waals surface area contributed by atoms with Crippen LogP contribution < -0.4 is 10.3 Å². The van der Waals surface area contributed by atoms with Gasteiger partial charge in [-0.05, 0) is 49.4 Å². The first kappa shape index (κ1) is 13.7. The molecular weight excluding hydrogens is 284 g/mol. The monoisotopic (exact) mass is 298 g/mol. The van der Waals surface area contributed by atoms with Crippen molar-refractivity contribution < 1.29 is 4.74 Å². The molecule has 0 aliphatic rings. The maximum Gasteiger partial charge on any atom is 0.266 e. The molecule has 5 heteroatoms. The summed E-state index contributed by atoms with van der Waals surface area (Å²) >= 11 is 4.26. The highest BCUT2D eigenvalue weighted by Crippen LogP contribution is 2.18. The van der Waals surface area contributed by atoms with Gasteiger partial charge in [0.2, 0.25) is 0 Å². The molecule has 0 saturated heterocycles. The average Bonchev–Trinajstić information content (AvgIpc) is 2.49. The lowest BCUT2D eigenvalue weighted by atomic mass is 10.2. The van der Waals surface area contributed by atoms with Gasteiger partial charge in [0.25, 0.3) is 5.56 Å². The highest BCUT2D eigenvalue weighted by molar-refractivity contribution is 7.80. The van der Waals surface area contributed by atoms with Crippen LogP contribution >= 0.6 is 12.6 Å². The first-order chi connectivity index (χ1) is 10.1. The zero-order chi connectivity index (χ0) is 15.0. The van der Waals surface area contributed by atoms with E-state index in [0.717, 1.165) is 10.6 Å². The summed E-state index contributed by atoms with van der Waals surface area (Å²) in [4.78, 5) is 18.1. The zero-order valence-electron chi connectivity index (χ0n) is 11.7. The summed E-state index contributed by atoms with van der Waals surface area (Å²) in [5.74, 6) is 1.28. The predicted octanol–water partition coefficient (Wildman–Crippen LogP) is 2.99. The second-order valence-corrected chi connectivity index (χ2v) is 5.22. The third-order valence-electron chi connectivity index (χ3n) is 3.35. The largest absolute Gasteiger partial charge is 0.497 e. The molecule has 0 radical (unpaired) electrons. The van der Waals surface area contributed by atoms with Gasteiger partial charge in [-0.1, -0.05) is 0 Å². The Balaban J connectivity index is 2.32. The lowest BCUT2D eigenvalue weighted by molar-refractivity contribution is 0.415. The molecule has 0 aliphatic heterocycles. The summed E-state index contributed by atoms with van der Waals surface area (Å²) in [6.07, 6.45) is 0. The molecule has 106 valence electrons. The second-order valence-electron chi connectivity index (χ2n) is 4.70. The topological polar surface area (TPSA) is 44.1 Å². The summed E-state index contributed by atoms with van der Waals surface area (Å²) in [5.41, 5.74) is 1.33. The van der Waals surface area contributed by atoms with E-state index in [1.165, 1.54) is 0 Å². The van der Waals surface area contributed by atoms with E-state index in [4.69, 9.17) is 4.74 Å². The Kier molecular flexibility index (Phi) is 3.43. The van der Waals surface area contributed by atoms with E-state index in [1.807, 2.05) is 31.2 Å².